The van der Waals surface area contributed by atoms with E-state index in [1.807, 2.05) is 0 Å². The molecule has 192 valence electrons. The van der Waals surface area contributed by atoms with Gasteiger partial charge in [-0.1, -0.05) is 13.0 Å². The Balaban J connectivity index is 0.00000216. The second kappa shape index (κ2) is 8.99. The molecule has 9 N–H and O–H groups in total. The van der Waals surface area contributed by atoms with Crippen LogP contribution in [0.2, 0.25) is 0 Å². The van der Waals surface area contributed by atoms with Crippen LogP contribution < -0.4 is 11.5 Å². The van der Waals surface area contributed by atoms with Crippen LogP contribution in [0.15, 0.2) is 29.0 Å². The number of aromatic hydroxyl groups is 1. The Hall–Kier alpha value is -2.83. The minimum Gasteiger partial charge on any atom is -0.508 e. The van der Waals surface area contributed by atoms with Gasteiger partial charge in [0.15, 0.2) is 11.4 Å². The highest BCUT2D eigenvalue weighted by molar-refractivity contribution is 6.24. The first-order chi connectivity index (χ1) is 15.3. The quantitative estimate of drug-likeness (QED) is 0.153. The van der Waals surface area contributed by atoms with Crippen molar-refractivity contribution in [2.24, 2.45) is 17.6 Å². The number of aliphatic hydroxyl groups is 4. The molecule has 0 spiro atoms. The Morgan fingerprint density at radius 1 is 1.11 bits per heavy atom. The molecule has 35 heavy (non-hydrogen) atoms. The highest BCUT2D eigenvalue weighted by atomic mass is 35.5. The first kappa shape index (κ1) is 28.4. The van der Waals surface area contributed by atoms with Crippen LogP contribution in [0.5, 0.6) is 5.75 Å². The van der Waals surface area contributed by atoms with E-state index in [-0.39, 0.29) is 36.1 Å². The van der Waals surface area contributed by atoms with E-state index in [1.54, 1.807) is 6.92 Å². The topological polar surface area (TPSA) is 208 Å². The average molecular weight is 532 g/mol. The van der Waals surface area contributed by atoms with E-state index >= 15 is 0 Å². The second-order valence-electron chi connectivity index (χ2n) is 9.02. The van der Waals surface area contributed by atoms with Crippen molar-refractivity contribution >= 4 is 53.7 Å². The summed E-state index contributed by atoms with van der Waals surface area (Å²) in [5.41, 5.74) is 6.86. The van der Waals surface area contributed by atoms with Crippen molar-refractivity contribution in [1.29, 1.82) is 0 Å². The molecule has 3 aliphatic carbocycles. The summed E-state index contributed by atoms with van der Waals surface area (Å²) in [6, 6.07) is 1.57. The van der Waals surface area contributed by atoms with E-state index in [9.17, 15) is 39.9 Å². The average Bonchev–Trinajstić information content (AvgIpc) is 2.72. The number of benzene rings is 1. The molecule has 3 aliphatic rings. The second-order valence-corrected chi connectivity index (χ2v) is 9.02. The molecule has 0 aliphatic heterocycles. The van der Waals surface area contributed by atoms with Gasteiger partial charge in [0.25, 0.3) is 5.91 Å². The van der Waals surface area contributed by atoms with Gasteiger partial charge in [0, 0.05) is 11.5 Å². The molecule has 13 heteroatoms. The first-order valence-electron chi connectivity index (χ1n) is 10.2. The molecule has 1 saturated carbocycles. The van der Waals surface area contributed by atoms with Crippen molar-refractivity contribution in [1.82, 2.24) is 4.90 Å². The fraction of sp³-hybridized carbons (Fsp3) is 0.409. The number of hydrogen-bond donors (Lipinski definition) is 7. The number of amides is 1. The summed E-state index contributed by atoms with van der Waals surface area (Å²) in [4.78, 5) is 40.0. The number of halogens is 2. The number of fused-ring (bicyclic) bond motifs is 3. The van der Waals surface area contributed by atoms with Crippen LogP contribution in [0.1, 0.15) is 24.0 Å². The monoisotopic (exact) mass is 531 g/mol. The van der Waals surface area contributed by atoms with Gasteiger partial charge in [-0.25, -0.2) is 0 Å². The number of Topliss-reactive ketones (excluding diaryl/α,β-unsaturated/α-hetero) is 2. The maximum Gasteiger partial charge on any atom is 0.255 e. The van der Waals surface area contributed by atoms with Gasteiger partial charge in [-0.2, -0.15) is 0 Å². The number of carbonyl (C=O) groups is 3. The third kappa shape index (κ3) is 3.41. The Bertz CT molecular complexity index is 1200. The molecule has 1 fully saturated rings. The van der Waals surface area contributed by atoms with E-state index in [1.165, 1.54) is 31.1 Å². The SMILES string of the molecule is C[C@H]1c2ccc(N)c(O)c2C(O)=C2C(=O)[C@]3(O)C(O)=C(C(N)=O)C(=O)[C@@H](N(C)C)C3C(O)C21.Cl.Cl. The molecular weight excluding hydrogens is 505 g/mol. The summed E-state index contributed by atoms with van der Waals surface area (Å²) in [7, 11) is 2.90. The van der Waals surface area contributed by atoms with Crippen LogP contribution in [-0.4, -0.2) is 79.7 Å². The summed E-state index contributed by atoms with van der Waals surface area (Å²) < 4.78 is 0. The standard InChI is InChI=1S/C22H25N3O8.2ClH/c1-6-7-4-5-8(23)15(26)10(7)16(27)11-9(6)17(28)13-14(25(2)3)18(29)12(21(24)32)20(31)22(13,33)19(11)30;;/h4-6,9,13-14,17,26-28,31,33H,23H2,1-3H3,(H2,24,32);2*1H/t6-,9?,13?,14-,17?,22-;;/m0../s1. The van der Waals surface area contributed by atoms with Gasteiger partial charge in [0.05, 0.1) is 29.3 Å². The van der Waals surface area contributed by atoms with E-state index in [4.69, 9.17) is 11.5 Å². The zero-order valence-corrected chi connectivity index (χ0v) is 20.6. The van der Waals surface area contributed by atoms with Crippen molar-refractivity contribution < 1.29 is 39.9 Å². The smallest absolute Gasteiger partial charge is 0.255 e. The fourth-order valence-electron chi connectivity index (χ4n) is 5.63. The number of phenolic OH excluding ortho intramolecular Hbond substituents is 1. The number of rotatable bonds is 2. The molecule has 1 aromatic carbocycles. The van der Waals surface area contributed by atoms with E-state index in [0.29, 0.717) is 5.56 Å². The van der Waals surface area contributed by atoms with Crippen molar-refractivity contribution in [2.45, 2.75) is 30.6 Å². The number of likely N-dealkylation sites (N-methyl/N-ethyl adjacent to an activating group) is 1. The summed E-state index contributed by atoms with van der Waals surface area (Å²) in [6.45, 7) is 1.65. The molecule has 0 heterocycles. The molecule has 1 aromatic rings. The lowest BCUT2D eigenvalue weighted by atomic mass is 9.54. The number of nitrogens with two attached hydrogens (primary N) is 2. The van der Waals surface area contributed by atoms with Crippen LogP contribution in [0.25, 0.3) is 5.76 Å². The molecule has 4 rings (SSSR count). The van der Waals surface area contributed by atoms with Crippen LogP contribution in [0.3, 0.4) is 0 Å². The third-order valence-electron chi connectivity index (χ3n) is 7.16. The van der Waals surface area contributed by atoms with Gasteiger partial charge in [-0.3, -0.25) is 19.3 Å². The number of nitrogen functional groups attached to an aromatic ring is 1. The van der Waals surface area contributed by atoms with Crippen LogP contribution in [0.4, 0.5) is 5.69 Å². The molecule has 0 bridgehead atoms. The van der Waals surface area contributed by atoms with Gasteiger partial charge in [-0.05, 0) is 31.6 Å². The Morgan fingerprint density at radius 2 is 1.69 bits per heavy atom. The van der Waals surface area contributed by atoms with Gasteiger partial charge < -0.3 is 37.0 Å². The van der Waals surface area contributed by atoms with Crippen LogP contribution >= 0.6 is 24.8 Å². The van der Waals surface area contributed by atoms with Gasteiger partial charge in [-0.15, -0.1) is 24.8 Å². The first-order valence-corrected chi connectivity index (χ1v) is 10.2. The molecule has 3 unspecified atom stereocenters. The highest BCUT2D eigenvalue weighted by Crippen LogP contribution is 2.56. The Kier molecular flexibility index (Phi) is 7.30. The third-order valence-corrected chi connectivity index (χ3v) is 7.16. The zero-order valence-electron chi connectivity index (χ0n) is 18.9. The predicted octanol–water partition coefficient (Wildman–Crippen LogP) is -0.0784. The molecule has 0 aromatic heterocycles. The Morgan fingerprint density at radius 3 is 2.20 bits per heavy atom. The maximum atomic E-state index is 13.7. The molecular formula is C22H27Cl2N3O8. The molecule has 1 amide bonds. The Labute approximate surface area is 212 Å². The molecule has 6 atom stereocenters. The van der Waals surface area contributed by atoms with Crippen molar-refractivity contribution in [3.8, 4) is 5.75 Å². The summed E-state index contributed by atoms with van der Waals surface area (Å²) in [5, 5.41) is 55.2. The van der Waals surface area contributed by atoms with Gasteiger partial charge in [0.1, 0.15) is 22.8 Å². The summed E-state index contributed by atoms with van der Waals surface area (Å²) in [5.74, 6) is -9.34. The predicted molar refractivity (Wildman–Crippen MR) is 129 cm³/mol. The van der Waals surface area contributed by atoms with Crippen molar-refractivity contribution in [3.05, 3.63) is 40.2 Å². The number of hydrogen-bond acceptors (Lipinski definition) is 10. The van der Waals surface area contributed by atoms with Crippen LogP contribution in [0, 0.1) is 11.8 Å². The zero-order chi connectivity index (χ0) is 24.7. The number of anilines is 1. The van der Waals surface area contributed by atoms with Crippen LogP contribution in [-0.2, 0) is 14.4 Å². The van der Waals surface area contributed by atoms with E-state index < -0.39 is 81.4 Å². The number of phenols is 1. The number of nitrogens with zero attached hydrogens (tertiary/aromatic N) is 1. The van der Waals surface area contributed by atoms with E-state index in [0.717, 1.165) is 0 Å². The van der Waals surface area contributed by atoms with Gasteiger partial charge >= 0.3 is 0 Å². The summed E-state index contributed by atoms with van der Waals surface area (Å²) in [6.07, 6.45) is -1.62. The number of primary amides is 1. The van der Waals surface area contributed by atoms with Crippen molar-refractivity contribution in [3.63, 3.8) is 0 Å². The normalized spacial score (nSPS) is 31.8. The maximum absolute atomic E-state index is 13.7. The number of ketones is 2. The lowest BCUT2D eigenvalue weighted by molar-refractivity contribution is -0.169. The molecule has 0 radical (unpaired) electrons. The van der Waals surface area contributed by atoms with E-state index in [2.05, 4.69) is 0 Å². The molecule has 0 saturated heterocycles. The lowest BCUT2D eigenvalue weighted by Crippen LogP contribution is -2.70. The number of aliphatic hydroxyl groups excluding tert-OH is 3. The largest absolute Gasteiger partial charge is 0.508 e. The highest BCUT2D eigenvalue weighted by Gasteiger charge is 2.68. The molecule has 11 nitrogen and oxygen atoms in total. The minimum atomic E-state index is -2.93. The summed E-state index contributed by atoms with van der Waals surface area (Å²) >= 11 is 0. The van der Waals surface area contributed by atoms with Crippen molar-refractivity contribution in [2.75, 3.05) is 19.8 Å². The minimum absolute atomic E-state index is 0. The van der Waals surface area contributed by atoms with Gasteiger partial charge in [0.2, 0.25) is 5.78 Å². The lowest BCUT2D eigenvalue weighted by Gasteiger charge is -2.53. The number of carbonyl (C=O) groups excluding carboxylic acids is 3. The fourth-order valence-corrected chi connectivity index (χ4v) is 5.63.